The van der Waals surface area contributed by atoms with Crippen LogP contribution in [0.5, 0.6) is 0 Å². The number of anilines is 1. The highest BCUT2D eigenvalue weighted by Crippen LogP contribution is 2.24. The molecule has 0 bridgehead atoms. The zero-order chi connectivity index (χ0) is 12.4. The van der Waals surface area contributed by atoms with Crippen molar-refractivity contribution < 1.29 is 9.50 Å². The molecule has 1 fully saturated rings. The average Bonchev–Trinajstić information content (AvgIpc) is 2.33. The Morgan fingerprint density at radius 3 is 2.94 bits per heavy atom. The van der Waals surface area contributed by atoms with Gasteiger partial charge >= 0.3 is 0 Å². The lowest BCUT2D eigenvalue weighted by molar-refractivity contribution is 0.102. The number of aryl methyl sites for hydroxylation is 1. The number of halogens is 1. The first kappa shape index (κ1) is 12.2. The molecule has 1 saturated heterocycles. The molecule has 94 valence electrons. The number of hydrogen-bond acceptors (Lipinski definition) is 4. The minimum atomic E-state index is -0.414. The highest BCUT2D eigenvalue weighted by molar-refractivity contribution is 5.41. The molecule has 1 aliphatic heterocycles. The molecule has 0 amide bonds. The minimum Gasteiger partial charge on any atom is -0.391 e. The molecule has 0 aromatic carbocycles. The molecule has 1 aliphatic rings. The minimum absolute atomic E-state index is 0.266. The molecular weight excluding hydrogens is 221 g/mol. The molecule has 2 unspecified atom stereocenters. The first-order chi connectivity index (χ1) is 8.13. The van der Waals surface area contributed by atoms with Gasteiger partial charge in [0.05, 0.1) is 11.8 Å². The summed E-state index contributed by atoms with van der Waals surface area (Å²) in [6.07, 6.45) is 2.38. The number of β-amino-alcohol motifs (C(OH)–C–C–N with tert-alkyl or cyclic N) is 1. The number of aliphatic hydroxyl groups excluding tert-OH is 1. The fraction of sp³-hybridized carbons (Fsp3) is 0.667. The molecule has 0 radical (unpaired) electrons. The highest BCUT2D eigenvalue weighted by atomic mass is 19.1. The predicted molar refractivity (Wildman–Crippen MR) is 63.4 cm³/mol. The molecule has 1 N–H and O–H groups in total. The van der Waals surface area contributed by atoms with E-state index in [4.69, 9.17) is 0 Å². The van der Waals surface area contributed by atoms with Gasteiger partial charge < -0.3 is 10.0 Å². The van der Waals surface area contributed by atoms with Gasteiger partial charge in [0, 0.05) is 13.1 Å². The third-order valence-electron chi connectivity index (χ3n) is 3.40. The summed E-state index contributed by atoms with van der Waals surface area (Å²) in [4.78, 5) is 9.72. The Balaban J connectivity index is 2.23. The lowest BCUT2D eigenvalue weighted by Gasteiger charge is -2.35. The van der Waals surface area contributed by atoms with E-state index in [0.29, 0.717) is 24.5 Å². The van der Waals surface area contributed by atoms with Crippen molar-refractivity contribution in [2.24, 2.45) is 5.92 Å². The normalized spacial score (nSPS) is 25.1. The van der Waals surface area contributed by atoms with E-state index in [9.17, 15) is 9.50 Å². The van der Waals surface area contributed by atoms with E-state index in [2.05, 4.69) is 9.97 Å². The lowest BCUT2D eigenvalue weighted by Crippen LogP contribution is -2.43. The molecule has 1 aromatic heterocycles. The number of aromatic nitrogens is 2. The molecular formula is C12H18FN3O. The zero-order valence-corrected chi connectivity index (χ0v) is 10.2. The molecule has 5 heteroatoms. The van der Waals surface area contributed by atoms with Crippen molar-refractivity contribution in [1.29, 1.82) is 0 Å². The van der Waals surface area contributed by atoms with Gasteiger partial charge in [0.15, 0.2) is 11.6 Å². The Morgan fingerprint density at radius 1 is 1.53 bits per heavy atom. The summed E-state index contributed by atoms with van der Waals surface area (Å²) in [7, 11) is 0. The number of rotatable bonds is 2. The van der Waals surface area contributed by atoms with E-state index < -0.39 is 6.10 Å². The molecule has 2 atom stereocenters. The molecule has 1 aromatic rings. The van der Waals surface area contributed by atoms with Crippen molar-refractivity contribution in [3.05, 3.63) is 17.8 Å². The molecule has 2 rings (SSSR count). The van der Waals surface area contributed by atoms with Crippen molar-refractivity contribution in [2.75, 3.05) is 18.0 Å². The van der Waals surface area contributed by atoms with Crippen LogP contribution in [0, 0.1) is 11.7 Å². The number of aliphatic hydroxyl groups is 1. The van der Waals surface area contributed by atoms with Gasteiger partial charge in [-0.05, 0) is 18.8 Å². The van der Waals surface area contributed by atoms with Gasteiger partial charge in [-0.1, -0.05) is 13.8 Å². The summed E-state index contributed by atoms with van der Waals surface area (Å²) in [6.45, 7) is 5.05. The van der Waals surface area contributed by atoms with Crippen LogP contribution in [0.1, 0.15) is 26.0 Å². The Labute approximate surface area is 101 Å². The number of nitrogens with zero attached hydrogens (tertiary/aromatic N) is 3. The smallest absolute Gasteiger partial charge is 0.187 e. The van der Waals surface area contributed by atoms with Gasteiger partial charge in [-0.25, -0.2) is 14.4 Å². The van der Waals surface area contributed by atoms with Crippen LogP contribution in [0.3, 0.4) is 0 Å². The first-order valence-electron chi connectivity index (χ1n) is 6.05. The molecule has 17 heavy (non-hydrogen) atoms. The average molecular weight is 239 g/mol. The summed E-state index contributed by atoms with van der Waals surface area (Å²) in [6, 6.07) is 0. The van der Waals surface area contributed by atoms with Gasteiger partial charge in [0.1, 0.15) is 6.33 Å². The highest BCUT2D eigenvalue weighted by Gasteiger charge is 2.27. The second kappa shape index (κ2) is 4.96. The monoisotopic (exact) mass is 239 g/mol. The Hall–Kier alpha value is -1.23. The van der Waals surface area contributed by atoms with Gasteiger partial charge in [0.25, 0.3) is 0 Å². The van der Waals surface area contributed by atoms with Crippen LogP contribution in [0.4, 0.5) is 10.2 Å². The summed E-state index contributed by atoms with van der Waals surface area (Å²) in [5, 5.41) is 9.82. The Morgan fingerprint density at radius 2 is 2.29 bits per heavy atom. The fourth-order valence-electron chi connectivity index (χ4n) is 2.10. The molecule has 0 spiro atoms. The van der Waals surface area contributed by atoms with Gasteiger partial charge in [-0.15, -0.1) is 0 Å². The van der Waals surface area contributed by atoms with Crippen molar-refractivity contribution >= 4 is 5.82 Å². The Bertz CT molecular complexity index is 399. The maximum Gasteiger partial charge on any atom is 0.187 e. The first-order valence-corrected chi connectivity index (χ1v) is 6.05. The summed E-state index contributed by atoms with van der Waals surface area (Å²) >= 11 is 0. The van der Waals surface area contributed by atoms with E-state index in [1.807, 2.05) is 13.8 Å². The third kappa shape index (κ3) is 2.39. The van der Waals surface area contributed by atoms with E-state index >= 15 is 0 Å². The summed E-state index contributed by atoms with van der Waals surface area (Å²) in [5.74, 6) is 0.237. The fourth-order valence-corrected chi connectivity index (χ4v) is 2.10. The van der Waals surface area contributed by atoms with Crippen molar-refractivity contribution in [1.82, 2.24) is 9.97 Å². The predicted octanol–water partition coefficient (Wildman–Crippen LogP) is 1.39. The lowest BCUT2D eigenvalue weighted by atomic mass is 9.96. The molecule has 0 saturated carbocycles. The SMILES string of the molecule is CCc1ncnc(N2CCC(C)C(O)C2)c1F. The summed E-state index contributed by atoms with van der Waals surface area (Å²) < 4.78 is 14.0. The number of piperidine rings is 1. The summed E-state index contributed by atoms with van der Waals surface area (Å²) in [5.41, 5.74) is 0.433. The van der Waals surface area contributed by atoms with Crippen LogP contribution in [0.2, 0.25) is 0 Å². The van der Waals surface area contributed by atoms with Crippen LogP contribution >= 0.6 is 0 Å². The van der Waals surface area contributed by atoms with Crippen LogP contribution in [-0.2, 0) is 6.42 Å². The molecule has 4 nitrogen and oxygen atoms in total. The second-order valence-electron chi connectivity index (χ2n) is 4.59. The molecule has 2 heterocycles. The van der Waals surface area contributed by atoms with E-state index in [-0.39, 0.29) is 11.7 Å². The van der Waals surface area contributed by atoms with E-state index in [1.165, 1.54) is 6.33 Å². The van der Waals surface area contributed by atoms with Crippen molar-refractivity contribution in [3.63, 3.8) is 0 Å². The quantitative estimate of drug-likeness (QED) is 0.847. The third-order valence-corrected chi connectivity index (χ3v) is 3.40. The Kier molecular flexibility index (Phi) is 3.57. The molecule has 0 aliphatic carbocycles. The van der Waals surface area contributed by atoms with Gasteiger partial charge in [-0.3, -0.25) is 0 Å². The van der Waals surface area contributed by atoms with Gasteiger partial charge in [-0.2, -0.15) is 0 Å². The zero-order valence-electron chi connectivity index (χ0n) is 10.2. The largest absolute Gasteiger partial charge is 0.391 e. The topological polar surface area (TPSA) is 49.2 Å². The van der Waals surface area contributed by atoms with Gasteiger partial charge in [0.2, 0.25) is 0 Å². The van der Waals surface area contributed by atoms with Crippen LogP contribution in [-0.4, -0.2) is 34.3 Å². The van der Waals surface area contributed by atoms with Crippen LogP contribution in [0.15, 0.2) is 6.33 Å². The van der Waals surface area contributed by atoms with Crippen molar-refractivity contribution in [2.45, 2.75) is 32.8 Å². The maximum atomic E-state index is 14.0. The van der Waals surface area contributed by atoms with E-state index in [0.717, 1.165) is 13.0 Å². The maximum absolute atomic E-state index is 14.0. The number of hydrogen-bond donors (Lipinski definition) is 1. The van der Waals surface area contributed by atoms with Crippen molar-refractivity contribution in [3.8, 4) is 0 Å². The second-order valence-corrected chi connectivity index (χ2v) is 4.59. The standard InChI is InChI=1S/C12H18FN3O/c1-3-9-11(13)12(15-7-14-9)16-5-4-8(2)10(17)6-16/h7-8,10,17H,3-6H2,1-2H3. The van der Waals surface area contributed by atoms with E-state index in [1.54, 1.807) is 4.90 Å². The van der Waals surface area contributed by atoms with Crippen LogP contribution in [0.25, 0.3) is 0 Å². The van der Waals surface area contributed by atoms with Crippen LogP contribution < -0.4 is 4.90 Å².